The van der Waals surface area contributed by atoms with E-state index in [9.17, 15) is 8.42 Å². The summed E-state index contributed by atoms with van der Waals surface area (Å²) in [6, 6.07) is 6.92. The molecule has 2 nitrogen and oxygen atoms in total. The van der Waals surface area contributed by atoms with Crippen LogP contribution in [0.1, 0.15) is 5.56 Å². The van der Waals surface area contributed by atoms with Gasteiger partial charge in [-0.05, 0) is 30.7 Å². The van der Waals surface area contributed by atoms with Gasteiger partial charge in [-0.2, -0.15) is 0 Å². The monoisotopic (exact) mass is 294 g/mol. The van der Waals surface area contributed by atoms with Gasteiger partial charge in [-0.1, -0.05) is 48.1 Å². The van der Waals surface area contributed by atoms with E-state index in [0.717, 1.165) is 5.56 Å². The first-order valence-corrected chi connectivity index (χ1v) is 8.81. The van der Waals surface area contributed by atoms with Crippen molar-refractivity contribution >= 4 is 21.6 Å². The van der Waals surface area contributed by atoms with Crippen molar-refractivity contribution in [3.05, 3.63) is 65.6 Å². The number of hydrogen-bond acceptors (Lipinski definition) is 3. The average molecular weight is 294 g/mol. The molecule has 19 heavy (non-hydrogen) atoms. The molecule has 0 aromatic heterocycles. The lowest BCUT2D eigenvalue weighted by atomic mass is 10.2. The Morgan fingerprint density at radius 1 is 1.05 bits per heavy atom. The van der Waals surface area contributed by atoms with Crippen LogP contribution in [0.4, 0.5) is 0 Å². The van der Waals surface area contributed by atoms with E-state index in [1.165, 1.54) is 0 Å². The van der Waals surface area contributed by atoms with Crippen molar-refractivity contribution in [2.45, 2.75) is 11.8 Å². The molecule has 0 saturated heterocycles. The Bertz CT molecular complexity index is 565. The molecule has 102 valence electrons. The first-order valence-electron chi connectivity index (χ1n) is 5.87. The summed E-state index contributed by atoms with van der Waals surface area (Å²) in [6.07, 6.45) is 11.0. The largest absolute Gasteiger partial charge is 0.223 e. The summed E-state index contributed by atoms with van der Waals surface area (Å²) >= 11 is 1.62. The lowest BCUT2D eigenvalue weighted by Gasteiger charge is -2.01. The highest BCUT2D eigenvalue weighted by atomic mass is 32.2. The van der Waals surface area contributed by atoms with Crippen molar-refractivity contribution in [3.63, 3.8) is 0 Å². The van der Waals surface area contributed by atoms with Gasteiger partial charge in [0.2, 0.25) is 0 Å². The highest BCUT2D eigenvalue weighted by Gasteiger charge is 2.11. The molecule has 0 radical (unpaired) electrons. The molecule has 4 heteroatoms. The van der Waals surface area contributed by atoms with Gasteiger partial charge in [0.1, 0.15) is 0 Å². The van der Waals surface area contributed by atoms with Gasteiger partial charge in [0.15, 0.2) is 9.84 Å². The van der Waals surface area contributed by atoms with Gasteiger partial charge in [-0.25, -0.2) is 8.42 Å². The molecule has 1 aromatic rings. The first kappa shape index (κ1) is 15.8. The van der Waals surface area contributed by atoms with Crippen LogP contribution < -0.4 is 0 Å². The summed E-state index contributed by atoms with van der Waals surface area (Å²) < 4.78 is 24.0. The van der Waals surface area contributed by atoms with Gasteiger partial charge in [-0.15, -0.1) is 11.8 Å². The van der Waals surface area contributed by atoms with Gasteiger partial charge < -0.3 is 0 Å². The lowest BCUT2D eigenvalue weighted by Crippen LogP contribution is -2.04. The van der Waals surface area contributed by atoms with Crippen LogP contribution in [0.2, 0.25) is 0 Å². The van der Waals surface area contributed by atoms with E-state index in [1.807, 2.05) is 48.9 Å². The molecule has 0 spiro atoms. The van der Waals surface area contributed by atoms with Crippen molar-refractivity contribution < 1.29 is 8.42 Å². The van der Waals surface area contributed by atoms with E-state index in [4.69, 9.17) is 0 Å². The lowest BCUT2D eigenvalue weighted by molar-refractivity contribution is 0.599. The highest BCUT2D eigenvalue weighted by molar-refractivity contribution is 8.01. The fourth-order valence-corrected chi connectivity index (χ4v) is 2.71. The Balaban J connectivity index is 2.61. The second-order valence-corrected chi connectivity index (χ2v) is 6.75. The minimum absolute atomic E-state index is 0.0205. The Labute approximate surface area is 119 Å². The van der Waals surface area contributed by atoms with Gasteiger partial charge in [0.05, 0.1) is 10.6 Å². The van der Waals surface area contributed by atoms with E-state index < -0.39 is 9.84 Å². The van der Waals surface area contributed by atoms with Crippen LogP contribution in [0.5, 0.6) is 0 Å². The summed E-state index contributed by atoms with van der Waals surface area (Å²) in [5.74, 6) is 0.0205. The fourth-order valence-electron chi connectivity index (χ4n) is 1.35. The summed E-state index contributed by atoms with van der Waals surface area (Å²) in [7, 11) is -3.22. The second kappa shape index (κ2) is 8.02. The Kier molecular flexibility index (Phi) is 6.67. The molecule has 0 aliphatic carbocycles. The van der Waals surface area contributed by atoms with Gasteiger partial charge in [0, 0.05) is 0 Å². The maximum absolute atomic E-state index is 12.0. The zero-order valence-corrected chi connectivity index (χ0v) is 12.7. The number of sulfone groups is 1. The average Bonchev–Trinajstić information content (AvgIpc) is 2.38. The van der Waals surface area contributed by atoms with Crippen molar-refractivity contribution in [3.8, 4) is 0 Å². The van der Waals surface area contributed by atoms with Gasteiger partial charge in [0.25, 0.3) is 0 Å². The predicted molar refractivity (Wildman–Crippen MR) is 84.2 cm³/mol. The number of thioether (sulfide) groups is 1. The van der Waals surface area contributed by atoms with Gasteiger partial charge in [-0.3, -0.25) is 0 Å². The molecular weight excluding hydrogens is 276 g/mol. The molecule has 0 heterocycles. The molecule has 1 aromatic carbocycles. The van der Waals surface area contributed by atoms with E-state index in [-0.39, 0.29) is 5.75 Å². The topological polar surface area (TPSA) is 34.1 Å². The maximum Gasteiger partial charge on any atom is 0.181 e. The third kappa shape index (κ3) is 5.94. The predicted octanol–water partition coefficient (Wildman–Crippen LogP) is 3.76. The molecule has 0 atom stereocenters. The normalized spacial score (nSPS) is 12.9. The maximum atomic E-state index is 12.0. The van der Waals surface area contributed by atoms with E-state index in [1.54, 1.807) is 36.0 Å². The van der Waals surface area contributed by atoms with Crippen LogP contribution in [0, 0.1) is 6.92 Å². The Morgan fingerprint density at radius 2 is 1.68 bits per heavy atom. The minimum atomic E-state index is -3.22. The minimum Gasteiger partial charge on any atom is -0.223 e. The third-order valence-electron chi connectivity index (χ3n) is 2.38. The van der Waals surface area contributed by atoms with E-state index in [0.29, 0.717) is 4.90 Å². The van der Waals surface area contributed by atoms with Crippen molar-refractivity contribution in [1.82, 2.24) is 0 Å². The Morgan fingerprint density at radius 3 is 2.32 bits per heavy atom. The van der Waals surface area contributed by atoms with E-state index >= 15 is 0 Å². The molecule has 0 unspecified atom stereocenters. The number of aryl methyl sites for hydroxylation is 1. The van der Waals surface area contributed by atoms with Crippen molar-refractivity contribution in [2.24, 2.45) is 0 Å². The van der Waals surface area contributed by atoms with Crippen LogP contribution >= 0.6 is 11.8 Å². The molecular formula is C15H18O2S2. The smallest absolute Gasteiger partial charge is 0.181 e. The third-order valence-corrected chi connectivity index (χ3v) is 4.43. The summed E-state index contributed by atoms with van der Waals surface area (Å²) in [4.78, 5) is 0.369. The number of hydrogen-bond donors (Lipinski definition) is 0. The van der Waals surface area contributed by atoms with Crippen molar-refractivity contribution in [1.29, 1.82) is 0 Å². The zero-order chi connectivity index (χ0) is 14.1. The number of benzene rings is 1. The molecule has 0 saturated carbocycles. The molecule has 0 fully saturated rings. The first-order chi connectivity index (χ1) is 9.06. The fraction of sp³-hybridized carbons (Fsp3) is 0.200. The van der Waals surface area contributed by atoms with Crippen molar-refractivity contribution in [2.75, 3.05) is 12.0 Å². The quantitative estimate of drug-likeness (QED) is 0.749. The van der Waals surface area contributed by atoms with Crippen LogP contribution in [0.3, 0.4) is 0 Å². The highest BCUT2D eigenvalue weighted by Crippen LogP contribution is 2.12. The van der Waals surface area contributed by atoms with Crippen LogP contribution in [-0.2, 0) is 9.84 Å². The summed E-state index contributed by atoms with van der Waals surface area (Å²) in [5.41, 5.74) is 1.05. The number of allylic oxidation sites excluding steroid dienone is 4. The molecule has 0 amide bonds. The molecule has 0 aliphatic rings. The van der Waals surface area contributed by atoms with Crippen LogP contribution in [0.15, 0.2) is 64.9 Å². The van der Waals surface area contributed by atoms with Crippen LogP contribution in [-0.4, -0.2) is 20.4 Å². The Hall–Kier alpha value is -1.26. The molecule has 0 N–H and O–H groups in total. The zero-order valence-electron chi connectivity index (χ0n) is 11.1. The van der Waals surface area contributed by atoms with Gasteiger partial charge >= 0.3 is 0 Å². The SMILES string of the molecule is CSC=CC=CC=CCS(=O)(=O)c1ccc(C)cc1. The number of rotatable bonds is 6. The molecule has 0 bridgehead atoms. The standard InChI is InChI=1S/C15H18O2S2/c1-14-8-10-15(11-9-14)19(16,17)13-7-5-3-4-6-12-18-2/h3-12H,13H2,1-2H3. The van der Waals surface area contributed by atoms with E-state index in [2.05, 4.69) is 0 Å². The summed E-state index contributed by atoms with van der Waals surface area (Å²) in [6.45, 7) is 1.93. The summed E-state index contributed by atoms with van der Waals surface area (Å²) in [5, 5.41) is 1.95. The van der Waals surface area contributed by atoms with Crippen LogP contribution in [0.25, 0.3) is 0 Å². The second-order valence-electron chi connectivity index (χ2n) is 3.97. The molecule has 1 rings (SSSR count). The molecule has 0 aliphatic heterocycles.